The van der Waals surface area contributed by atoms with Crippen LogP contribution in [0.1, 0.15) is 25.3 Å². The minimum Gasteiger partial charge on any atom is -0.507 e. The third-order valence-electron chi connectivity index (χ3n) is 3.73. The van der Waals surface area contributed by atoms with Gasteiger partial charge in [-0.3, -0.25) is 10.1 Å². The van der Waals surface area contributed by atoms with Crippen molar-refractivity contribution >= 4 is 12.0 Å². The maximum Gasteiger partial charge on any atom is 0.337 e. The molecule has 0 bridgehead atoms. The number of allylic oxidation sites excluding steroid dienone is 1. The maximum atomic E-state index is 11.8. The zero-order valence-corrected chi connectivity index (χ0v) is 12.4. The molecule has 0 saturated heterocycles. The first kappa shape index (κ1) is 15.8. The van der Waals surface area contributed by atoms with Crippen molar-refractivity contribution in [1.82, 2.24) is 0 Å². The standard InChI is InChI=1S/C16H17NO5/c1-16(17(20)21)9-12(8-11-6-4-3-5-7-11)14(18)13(10-16)15(19)22-2/h3-8,18H,9-10H2,1-2H3/b12-8+. The number of aliphatic hydroxyl groups excluding tert-OH is 1. The molecular formula is C16H17NO5. The van der Waals surface area contributed by atoms with Gasteiger partial charge in [0, 0.05) is 23.8 Å². The van der Waals surface area contributed by atoms with Gasteiger partial charge in [0.05, 0.1) is 19.1 Å². The Balaban J connectivity index is 2.53. The molecular weight excluding hydrogens is 286 g/mol. The van der Waals surface area contributed by atoms with E-state index in [4.69, 9.17) is 0 Å². The Morgan fingerprint density at radius 3 is 2.55 bits per heavy atom. The number of carbonyl (C=O) groups is 1. The number of nitrogens with zero attached hydrogens (tertiary/aromatic N) is 1. The Morgan fingerprint density at radius 1 is 1.36 bits per heavy atom. The molecule has 6 heteroatoms. The van der Waals surface area contributed by atoms with Crippen LogP contribution in [0.15, 0.2) is 47.2 Å². The van der Waals surface area contributed by atoms with Crippen molar-refractivity contribution in [3.05, 3.63) is 62.9 Å². The van der Waals surface area contributed by atoms with Gasteiger partial charge in [-0.1, -0.05) is 30.3 Å². The van der Waals surface area contributed by atoms with E-state index < -0.39 is 16.4 Å². The summed E-state index contributed by atoms with van der Waals surface area (Å²) in [6.45, 7) is 1.46. The summed E-state index contributed by atoms with van der Waals surface area (Å²) >= 11 is 0. The Hall–Kier alpha value is -2.63. The average Bonchev–Trinajstić information content (AvgIpc) is 2.50. The molecule has 2 rings (SSSR count). The Bertz CT molecular complexity index is 662. The minimum atomic E-state index is -1.35. The molecule has 6 nitrogen and oxygen atoms in total. The first-order valence-electron chi connectivity index (χ1n) is 6.78. The van der Waals surface area contributed by atoms with E-state index in [1.165, 1.54) is 14.0 Å². The third-order valence-corrected chi connectivity index (χ3v) is 3.73. The normalized spacial score (nSPS) is 23.5. The van der Waals surface area contributed by atoms with Crippen molar-refractivity contribution in [1.29, 1.82) is 0 Å². The van der Waals surface area contributed by atoms with Crippen molar-refractivity contribution < 1.29 is 19.6 Å². The number of methoxy groups -OCH3 is 1. The van der Waals surface area contributed by atoms with Gasteiger partial charge in [0.25, 0.3) is 0 Å². The minimum absolute atomic E-state index is 0.0429. The molecule has 0 saturated carbocycles. The van der Waals surface area contributed by atoms with Gasteiger partial charge >= 0.3 is 5.97 Å². The van der Waals surface area contributed by atoms with Crippen molar-refractivity contribution in [2.24, 2.45) is 0 Å². The monoisotopic (exact) mass is 303 g/mol. The predicted octanol–water partition coefficient (Wildman–Crippen LogP) is 2.88. The molecule has 0 spiro atoms. The van der Waals surface area contributed by atoms with E-state index >= 15 is 0 Å². The van der Waals surface area contributed by atoms with Gasteiger partial charge in [-0.15, -0.1) is 0 Å². The van der Waals surface area contributed by atoms with Crippen LogP contribution in [0.2, 0.25) is 0 Å². The van der Waals surface area contributed by atoms with Crippen LogP contribution in [0, 0.1) is 10.1 Å². The van der Waals surface area contributed by atoms with Gasteiger partial charge in [-0.05, 0) is 11.6 Å². The number of rotatable bonds is 3. The Kier molecular flexibility index (Phi) is 4.30. The number of hydrogen-bond donors (Lipinski definition) is 1. The van der Waals surface area contributed by atoms with E-state index in [1.807, 2.05) is 30.3 Å². The van der Waals surface area contributed by atoms with Crippen molar-refractivity contribution in [2.75, 3.05) is 7.11 Å². The molecule has 22 heavy (non-hydrogen) atoms. The van der Waals surface area contributed by atoms with Crippen LogP contribution in [0.3, 0.4) is 0 Å². The number of ether oxygens (including phenoxy) is 1. The molecule has 1 aromatic carbocycles. The molecule has 1 N–H and O–H groups in total. The van der Waals surface area contributed by atoms with Crippen molar-refractivity contribution in [3.8, 4) is 0 Å². The first-order valence-corrected chi connectivity index (χ1v) is 6.78. The molecule has 0 fully saturated rings. The summed E-state index contributed by atoms with van der Waals surface area (Å²) in [7, 11) is 1.18. The summed E-state index contributed by atoms with van der Waals surface area (Å²) in [6.07, 6.45) is 1.53. The Labute approximate surface area is 127 Å². The van der Waals surface area contributed by atoms with Gasteiger partial charge in [-0.2, -0.15) is 0 Å². The highest BCUT2D eigenvalue weighted by Gasteiger charge is 2.46. The molecule has 0 aliphatic heterocycles. The van der Waals surface area contributed by atoms with Gasteiger partial charge in [-0.25, -0.2) is 4.79 Å². The van der Waals surface area contributed by atoms with E-state index in [0.29, 0.717) is 5.57 Å². The number of benzene rings is 1. The lowest BCUT2D eigenvalue weighted by Crippen LogP contribution is -2.40. The van der Waals surface area contributed by atoms with Crippen molar-refractivity contribution in [3.63, 3.8) is 0 Å². The molecule has 1 unspecified atom stereocenters. The van der Waals surface area contributed by atoms with Gasteiger partial charge in [0.15, 0.2) is 0 Å². The summed E-state index contributed by atoms with van der Waals surface area (Å²) in [5.41, 5.74) is -0.260. The highest BCUT2D eigenvalue weighted by molar-refractivity contribution is 5.90. The second kappa shape index (κ2) is 6.01. The summed E-state index contributed by atoms with van der Waals surface area (Å²) in [5, 5.41) is 21.7. The van der Waals surface area contributed by atoms with Gasteiger partial charge in [0.2, 0.25) is 5.54 Å². The Morgan fingerprint density at radius 2 is 2.00 bits per heavy atom. The van der Waals surface area contributed by atoms with Crippen LogP contribution < -0.4 is 0 Å². The highest BCUT2D eigenvalue weighted by atomic mass is 16.6. The summed E-state index contributed by atoms with van der Waals surface area (Å²) in [4.78, 5) is 22.7. The van der Waals surface area contributed by atoms with Crippen LogP contribution in [-0.4, -0.2) is 28.6 Å². The molecule has 0 amide bonds. The summed E-state index contributed by atoms with van der Waals surface area (Å²) in [6, 6.07) is 9.12. The van der Waals surface area contributed by atoms with E-state index in [2.05, 4.69) is 4.74 Å². The van der Waals surface area contributed by atoms with E-state index in [9.17, 15) is 20.0 Å². The van der Waals surface area contributed by atoms with Crippen LogP contribution in [0.5, 0.6) is 0 Å². The zero-order valence-electron chi connectivity index (χ0n) is 12.4. The number of carbonyl (C=O) groups excluding carboxylic acids is 1. The molecule has 1 aliphatic rings. The fourth-order valence-corrected chi connectivity index (χ4v) is 2.51. The predicted molar refractivity (Wildman–Crippen MR) is 80.7 cm³/mol. The summed E-state index contributed by atoms with van der Waals surface area (Å²) in [5.74, 6) is -0.973. The lowest BCUT2D eigenvalue weighted by atomic mass is 9.79. The van der Waals surface area contributed by atoms with Gasteiger partial charge < -0.3 is 9.84 Å². The molecule has 0 aromatic heterocycles. The van der Waals surface area contributed by atoms with E-state index in [1.54, 1.807) is 6.08 Å². The zero-order chi connectivity index (χ0) is 16.3. The van der Waals surface area contributed by atoms with Crippen LogP contribution >= 0.6 is 0 Å². The second-order valence-electron chi connectivity index (χ2n) is 5.51. The van der Waals surface area contributed by atoms with E-state index in [-0.39, 0.29) is 24.2 Å². The van der Waals surface area contributed by atoms with Crippen LogP contribution in [-0.2, 0) is 9.53 Å². The molecule has 116 valence electrons. The number of nitro groups is 1. The van der Waals surface area contributed by atoms with Crippen molar-refractivity contribution in [2.45, 2.75) is 25.3 Å². The quantitative estimate of drug-likeness (QED) is 0.527. The number of aliphatic hydroxyl groups is 1. The first-order chi connectivity index (χ1) is 10.4. The largest absolute Gasteiger partial charge is 0.507 e. The highest BCUT2D eigenvalue weighted by Crippen LogP contribution is 2.38. The fourth-order valence-electron chi connectivity index (χ4n) is 2.51. The van der Waals surface area contributed by atoms with E-state index in [0.717, 1.165) is 5.56 Å². The molecule has 1 aliphatic carbocycles. The second-order valence-corrected chi connectivity index (χ2v) is 5.51. The maximum absolute atomic E-state index is 11.8. The van der Waals surface area contributed by atoms with Gasteiger partial charge in [0.1, 0.15) is 5.76 Å². The smallest absolute Gasteiger partial charge is 0.337 e. The lowest BCUT2D eigenvalue weighted by Gasteiger charge is -2.28. The molecule has 0 heterocycles. The number of hydrogen-bond acceptors (Lipinski definition) is 5. The topological polar surface area (TPSA) is 89.7 Å². The third kappa shape index (κ3) is 3.00. The fraction of sp³-hybridized carbons (Fsp3) is 0.312. The van der Waals surface area contributed by atoms with Crippen LogP contribution in [0.25, 0.3) is 6.08 Å². The lowest BCUT2D eigenvalue weighted by molar-refractivity contribution is -0.565. The SMILES string of the molecule is COC(=O)C1=C(O)/C(=C/c2ccccc2)CC(C)([N+](=O)[O-])C1. The number of esters is 1. The summed E-state index contributed by atoms with van der Waals surface area (Å²) < 4.78 is 4.63. The molecule has 1 aromatic rings. The molecule has 0 radical (unpaired) electrons. The van der Waals surface area contributed by atoms with Crippen LogP contribution in [0.4, 0.5) is 0 Å². The molecule has 1 atom stereocenters. The average molecular weight is 303 g/mol.